The number of benzene rings is 1. The Morgan fingerprint density at radius 3 is 2.57 bits per heavy atom. The maximum absolute atomic E-state index is 12.3. The molecular weight excluding hydrogens is 290 g/mol. The first kappa shape index (κ1) is 17.3. The molecule has 2 rings (SSSR count). The predicted molar refractivity (Wildman–Crippen MR) is 92.2 cm³/mol. The van der Waals surface area contributed by atoms with Crippen LogP contribution in [0.25, 0.3) is 0 Å². The van der Waals surface area contributed by atoms with Gasteiger partial charge < -0.3 is 15.5 Å². The van der Waals surface area contributed by atoms with E-state index in [1.165, 1.54) is 12.6 Å². The van der Waals surface area contributed by atoms with Crippen LogP contribution in [0.2, 0.25) is 0 Å². The average Bonchev–Trinajstić information content (AvgIpc) is 2.99. The number of rotatable bonds is 6. The summed E-state index contributed by atoms with van der Waals surface area (Å²) >= 11 is 0. The summed E-state index contributed by atoms with van der Waals surface area (Å²) in [5, 5.41) is 5.73. The fraction of sp³-hybridized carbons (Fsp3) is 0.556. The van der Waals surface area contributed by atoms with Gasteiger partial charge in [-0.1, -0.05) is 32.0 Å². The summed E-state index contributed by atoms with van der Waals surface area (Å²) < 4.78 is 0. The van der Waals surface area contributed by atoms with Crippen molar-refractivity contribution < 1.29 is 9.59 Å². The summed E-state index contributed by atoms with van der Waals surface area (Å²) in [7, 11) is 0. The third-order valence-electron chi connectivity index (χ3n) is 4.28. The van der Waals surface area contributed by atoms with Crippen molar-refractivity contribution in [3.63, 3.8) is 0 Å². The highest BCUT2D eigenvalue weighted by Gasteiger charge is 2.26. The van der Waals surface area contributed by atoms with Gasteiger partial charge in [0.15, 0.2) is 0 Å². The molecule has 2 atom stereocenters. The predicted octanol–water partition coefficient (Wildman–Crippen LogP) is 1.79. The van der Waals surface area contributed by atoms with Gasteiger partial charge in [0.1, 0.15) is 6.04 Å². The number of amides is 2. The fourth-order valence-electron chi connectivity index (χ4n) is 2.98. The lowest BCUT2D eigenvalue weighted by atomic mass is 10.0. The van der Waals surface area contributed by atoms with Gasteiger partial charge in [0.25, 0.3) is 0 Å². The lowest BCUT2D eigenvalue weighted by Gasteiger charge is -2.22. The Morgan fingerprint density at radius 2 is 1.96 bits per heavy atom. The number of anilines is 1. The molecule has 0 radical (unpaired) electrons. The molecule has 1 aromatic rings. The van der Waals surface area contributed by atoms with Crippen LogP contribution in [-0.4, -0.2) is 37.5 Å². The number of carbonyl (C=O) groups is 2. The second-order valence-corrected chi connectivity index (χ2v) is 6.60. The Hall–Kier alpha value is -2.04. The minimum Gasteiger partial charge on any atom is -0.371 e. The Balaban J connectivity index is 1.82. The summed E-state index contributed by atoms with van der Waals surface area (Å²) in [4.78, 5) is 25.9. The number of hydrogen-bond acceptors (Lipinski definition) is 3. The van der Waals surface area contributed by atoms with Gasteiger partial charge in [-0.05, 0) is 30.4 Å². The minimum atomic E-state index is -0.459. The van der Waals surface area contributed by atoms with E-state index in [1.54, 1.807) is 0 Å². The van der Waals surface area contributed by atoms with E-state index in [1.807, 2.05) is 32.0 Å². The van der Waals surface area contributed by atoms with Crippen molar-refractivity contribution in [2.75, 3.05) is 24.5 Å². The van der Waals surface area contributed by atoms with E-state index in [2.05, 4.69) is 27.7 Å². The van der Waals surface area contributed by atoms with Crippen LogP contribution < -0.4 is 15.5 Å². The van der Waals surface area contributed by atoms with E-state index in [4.69, 9.17) is 0 Å². The van der Waals surface area contributed by atoms with Crippen molar-refractivity contribution >= 4 is 17.5 Å². The molecule has 1 heterocycles. The second kappa shape index (κ2) is 7.99. The molecule has 1 aliphatic rings. The molecule has 0 spiro atoms. The zero-order valence-electron chi connectivity index (χ0n) is 14.2. The second-order valence-electron chi connectivity index (χ2n) is 6.60. The van der Waals surface area contributed by atoms with Crippen LogP contribution >= 0.6 is 0 Å². The van der Waals surface area contributed by atoms with E-state index < -0.39 is 6.04 Å². The van der Waals surface area contributed by atoms with Crippen molar-refractivity contribution in [1.29, 1.82) is 0 Å². The van der Waals surface area contributed by atoms with Crippen molar-refractivity contribution in [2.24, 2.45) is 11.8 Å². The van der Waals surface area contributed by atoms with Crippen LogP contribution in [0.15, 0.2) is 30.3 Å². The fourth-order valence-corrected chi connectivity index (χ4v) is 2.98. The lowest BCUT2D eigenvalue weighted by molar-refractivity contribution is -0.129. The topological polar surface area (TPSA) is 61.4 Å². The van der Waals surface area contributed by atoms with Gasteiger partial charge >= 0.3 is 0 Å². The van der Waals surface area contributed by atoms with Crippen LogP contribution in [-0.2, 0) is 9.59 Å². The molecule has 1 fully saturated rings. The first-order valence-electron chi connectivity index (χ1n) is 8.32. The van der Waals surface area contributed by atoms with Crippen LogP contribution in [0.3, 0.4) is 0 Å². The van der Waals surface area contributed by atoms with E-state index in [-0.39, 0.29) is 17.7 Å². The molecule has 0 saturated carbocycles. The van der Waals surface area contributed by atoms with E-state index in [0.29, 0.717) is 12.5 Å². The zero-order chi connectivity index (χ0) is 16.8. The average molecular weight is 317 g/mol. The van der Waals surface area contributed by atoms with E-state index in [9.17, 15) is 9.59 Å². The van der Waals surface area contributed by atoms with Gasteiger partial charge in [-0.2, -0.15) is 0 Å². The smallest absolute Gasteiger partial charge is 0.242 e. The van der Waals surface area contributed by atoms with Crippen LogP contribution in [0.5, 0.6) is 0 Å². The summed E-state index contributed by atoms with van der Waals surface area (Å²) in [6.45, 7) is 7.95. The lowest BCUT2D eigenvalue weighted by Crippen LogP contribution is -2.50. The molecule has 5 nitrogen and oxygen atoms in total. The number of carbonyl (C=O) groups excluding carboxylic acids is 2. The van der Waals surface area contributed by atoms with Crippen LogP contribution in [0.1, 0.15) is 27.2 Å². The van der Waals surface area contributed by atoms with Crippen LogP contribution in [0, 0.1) is 11.8 Å². The molecular formula is C18H27N3O2. The van der Waals surface area contributed by atoms with Crippen molar-refractivity contribution in [3.8, 4) is 0 Å². The summed E-state index contributed by atoms with van der Waals surface area (Å²) in [6, 6.07) is 9.89. The van der Waals surface area contributed by atoms with Crippen molar-refractivity contribution in [3.05, 3.63) is 30.3 Å². The molecule has 2 amide bonds. The Kier molecular flexibility index (Phi) is 6.02. The van der Waals surface area contributed by atoms with Gasteiger partial charge in [-0.3, -0.25) is 9.59 Å². The molecule has 0 bridgehead atoms. The molecule has 0 aliphatic carbocycles. The minimum absolute atomic E-state index is 0.0725. The molecule has 5 heteroatoms. The Labute approximate surface area is 138 Å². The third kappa shape index (κ3) is 4.98. The Bertz CT molecular complexity index is 530. The summed E-state index contributed by atoms with van der Waals surface area (Å²) in [5.74, 6) is 0.260. The first-order chi connectivity index (χ1) is 11.0. The highest BCUT2D eigenvalue weighted by molar-refractivity contribution is 5.87. The van der Waals surface area contributed by atoms with Gasteiger partial charge in [0, 0.05) is 32.2 Å². The SMILES string of the molecule is CC(=O)N[C@H](C(=O)NC[C@@H]1CCN(c2ccccc2)C1)C(C)C. The molecule has 0 aromatic heterocycles. The highest BCUT2D eigenvalue weighted by Crippen LogP contribution is 2.22. The van der Waals surface area contributed by atoms with Crippen molar-refractivity contribution in [2.45, 2.75) is 33.2 Å². The van der Waals surface area contributed by atoms with E-state index >= 15 is 0 Å². The summed E-state index contributed by atoms with van der Waals surface area (Å²) in [6.07, 6.45) is 1.07. The Morgan fingerprint density at radius 1 is 1.26 bits per heavy atom. The molecule has 126 valence electrons. The molecule has 23 heavy (non-hydrogen) atoms. The van der Waals surface area contributed by atoms with Crippen LogP contribution in [0.4, 0.5) is 5.69 Å². The molecule has 1 aliphatic heterocycles. The monoisotopic (exact) mass is 317 g/mol. The number of hydrogen-bond donors (Lipinski definition) is 2. The maximum atomic E-state index is 12.3. The normalized spacial score (nSPS) is 18.8. The van der Waals surface area contributed by atoms with E-state index in [0.717, 1.165) is 19.5 Å². The van der Waals surface area contributed by atoms with Gasteiger partial charge in [-0.15, -0.1) is 0 Å². The standard InChI is InChI=1S/C18H27N3O2/c1-13(2)17(20-14(3)22)18(23)19-11-15-9-10-21(12-15)16-7-5-4-6-8-16/h4-8,13,15,17H,9-12H2,1-3H3,(H,19,23)(H,20,22)/t15-,17-/m0/s1. The highest BCUT2D eigenvalue weighted by atomic mass is 16.2. The number of nitrogens with zero attached hydrogens (tertiary/aromatic N) is 1. The van der Waals surface area contributed by atoms with Gasteiger partial charge in [0.2, 0.25) is 11.8 Å². The first-order valence-corrected chi connectivity index (χ1v) is 8.32. The van der Waals surface area contributed by atoms with Crippen molar-refractivity contribution in [1.82, 2.24) is 10.6 Å². The number of para-hydroxylation sites is 1. The molecule has 2 N–H and O–H groups in total. The quantitative estimate of drug-likeness (QED) is 0.841. The summed E-state index contributed by atoms with van der Waals surface area (Å²) in [5.41, 5.74) is 1.24. The largest absolute Gasteiger partial charge is 0.371 e. The van der Waals surface area contributed by atoms with Gasteiger partial charge in [-0.25, -0.2) is 0 Å². The molecule has 0 unspecified atom stereocenters. The maximum Gasteiger partial charge on any atom is 0.242 e. The third-order valence-corrected chi connectivity index (χ3v) is 4.28. The number of nitrogens with one attached hydrogen (secondary N) is 2. The van der Waals surface area contributed by atoms with Gasteiger partial charge in [0.05, 0.1) is 0 Å². The molecule has 1 aromatic carbocycles. The molecule has 1 saturated heterocycles. The zero-order valence-corrected chi connectivity index (χ0v) is 14.2.